The highest BCUT2D eigenvalue weighted by Gasteiger charge is 2.28. The lowest BCUT2D eigenvalue weighted by Crippen LogP contribution is -2.39. The van der Waals surface area contributed by atoms with E-state index in [1.54, 1.807) is 7.11 Å². The molecule has 0 aromatic heterocycles. The predicted molar refractivity (Wildman–Crippen MR) is 45.5 cm³/mol. The maximum atomic E-state index is 5.96. The highest BCUT2D eigenvalue weighted by Crippen LogP contribution is 2.16. The van der Waals surface area contributed by atoms with Gasteiger partial charge < -0.3 is 10.5 Å². The molecule has 0 radical (unpaired) electrons. The van der Waals surface area contributed by atoms with Gasteiger partial charge in [-0.2, -0.15) is 0 Å². The van der Waals surface area contributed by atoms with Crippen LogP contribution < -0.4 is 5.73 Å². The molecule has 1 atom stereocenters. The van der Waals surface area contributed by atoms with E-state index < -0.39 is 0 Å². The fraction of sp³-hybridized carbons (Fsp3) is 1.00. The molecule has 0 aromatic carbocycles. The second kappa shape index (κ2) is 3.52. The first-order valence-electron chi connectivity index (χ1n) is 4.14. The van der Waals surface area contributed by atoms with Gasteiger partial charge in [0.1, 0.15) is 0 Å². The first-order chi connectivity index (χ1) is 5.14. The molecule has 1 fully saturated rings. The SMILES string of the molecule is COCCN1CCC(C)(N)C1. The summed E-state index contributed by atoms with van der Waals surface area (Å²) in [6, 6.07) is 0. The Kier molecular flexibility index (Phi) is 2.87. The van der Waals surface area contributed by atoms with Gasteiger partial charge in [-0.15, -0.1) is 0 Å². The van der Waals surface area contributed by atoms with Crippen LogP contribution in [0, 0.1) is 0 Å². The minimum atomic E-state index is 0.0355. The molecule has 11 heavy (non-hydrogen) atoms. The first kappa shape index (κ1) is 8.97. The van der Waals surface area contributed by atoms with Crippen LogP contribution >= 0.6 is 0 Å². The Morgan fingerprint density at radius 1 is 1.64 bits per heavy atom. The number of nitrogens with two attached hydrogens (primary N) is 1. The summed E-state index contributed by atoms with van der Waals surface area (Å²) in [6.45, 7) is 6.08. The first-order valence-corrected chi connectivity index (χ1v) is 4.14. The molecule has 0 amide bonds. The summed E-state index contributed by atoms with van der Waals surface area (Å²) in [5, 5.41) is 0. The van der Waals surface area contributed by atoms with E-state index in [9.17, 15) is 0 Å². The number of ether oxygens (including phenoxy) is 1. The van der Waals surface area contributed by atoms with Crippen molar-refractivity contribution in [2.24, 2.45) is 5.73 Å². The fourth-order valence-electron chi connectivity index (χ4n) is 1.49. The van der Waals surface area contributed by atoms with Gasteiger partial charge in [0.15, 0.2) is 0 Å². The maximum absolute atomic E-state index is 5.96. The maximum Gasteiger partial charge on any atom is 0.0589 e. The molecule has 0 spiro atoms. The van der Waals surface area contributed by atoms with Crippen LogP contribution in [-0.4, -0.2) is 43.8 Å². The normalized spacial score (nSPS) is 33.0. The lowest BCUT2D eigenvalue weighted by Gasteiger charge is -2.18. The number of nitrogens with zero attached hydrogens (tertiary/aromatic N) is 1. The van der Waals surface area contributed by atoms with Crippen LogP contribution in [-0.2, 0) is 4.74 Å². The summed E-state index contributed by atoms with van der Waals surface area (Å²) in [7, 11) is 1.73. The average molecular weight is 158 g/mol. The Morgan fingerprint density at radius 2 is 2.36 bits per heavy atom. The second-order valence-electron chi connectivity index (χ2n) is 3.67. The molecule has 1 aliphatic rings. The number of likely N-dealkylation sites (tertiary alicyclic amines) is 1. The van der Waals surface area contributed by atoms with Crippen molar-refractivity contribution in [3.8, 4) is 0 Å². The minimum absolute atomic E-state index is 0.0355. The van der Waals surface area contributed by atoms with E-state index in [2.05, 4.69) is 11.8 Å². The molecule has 1 heterocycles. The van der Waals surface area contributed by atoms with Gasteiger partial charge in [0, 0.05) is 32.3 Å². The van der Waals surface area contributed by atoms with Crippen LogP contribution in [0.2, 0.25) is 0 Å². The second-order valence-corrected chi connectivity index (χ2v) is 3.67. The van der Waals surface area contributed by atoms with E-state index in [4.69, 9.17) is 10.5 Å². The van der Waals surface area contributed by atoms with Gasteiger partial charge >= 0.3 is 0 Å². The monoisotopic (exact) mass is 158 g/mol. The van der Waals surface area contributed by atoms with Crippen LogP contribution in [0.15, 0.2) is 0 Å². The van der Waals surface area contributed by atoms with Gasteiger partial charge in [0.2, 0.25) is 0 Å². The highest BCUT2D eigenvalue weighted by atomic mass is 16.5. The van der Waals surface area contributed by atoms with E-state index in [1.165, 1.54) is 0 Å². The van der Waals surface area contributed by atoms with Crippen LogP contribution in [0.3, 0.4) is 0 Å². The standard InChI is InChI=1S/C8H18N2O/c1-8(9)3-4-10(7-8)5-6-11-2/h3-7,9H2,1-2H3. The molecular formula is C8H18N2O. The molecule has 3 heteroatoms. The molecule has 0 aromatic rings. The summed E-state index contributed by atoms with van der Waals surface area (Å²) in [5.41, 5.74) is 5.99. The summed E-state index contributed by atoms with van der Waals surface area (Å²) in [6.07, 6.45) is 1.11. The number of hydrogen-bond donors (Lipinski definition) is 1. The van der Waals surface area contributed by atoms with Crippen LogP contribution in [0.25, 0.3) is 0 Å². The predicted octanol–water partition coefficient (Wildman–Crippen LogP) is 0.0559. The summed E-state index contributed by atoms with van der Waals surface area (Å²) in [5.74, 6) is 0. The molecular weight excluding hydrogens is 140 g/mol. The molecule has 3 nitrogen and oxygen atoms in total. The van der Waals surface area contributed by atoms with Crippen molar-refractivity contribution in [2.75, 3.05) is 33.4 Å². The van der Waals surface area contributed by atoms with Crippen molar-refractivity contribution in [1.82, 2.24) is 4.90 Å². The summed E-state index contributed by atoms with van der Waals surface area (Å²) >= 11 is 0. The topological polar surface area (TPSA) is 38.5 Å². The zero-order chi connectivity index (χ0) is 8.32. The van der Waals surface area contributed by atoms with Gasteiger partial charge in [-0.25, -0.2) is 0 Å². The fourth-order valence-corrected chi connectivity index (χ4v) is 1.49. The van der Waals surface area contributed by atoms with Gasteiger partial charge in [-0.1, -0.05) is 0 Å². The van der Waals surface area contributed by atoms with E-state index >= 15 is 0 Å². The lowest BCUT2D eigenvalue weighted by atomic mass is 10.0. The van der Waals surface area contributed by atoms with E-state index in [0.29, 0.717) is 0 Å². The van der Waals surface area contributed by atoms with Crippen LogP contribution in [0.4, 0.5) is 0 Å². The molecule has 0 bridgehead atoms. The Bertz CT molecular complexity index is 125. The smallest absolute Gasteiger partial charge is 0.0589 e. The number of hydrogen-bond acceptors (Lipinski definition) is 3. The van der Waals surface area contributed by atoms with Crippen molar-refractivity contribution >= 4 is 0 Å². The zero-order valence-corrected chi connectivity index (χ0v) is 7.47. The van der Waals surface area contributed by atoms with Crippen molar-refractivity contribution in [3.63, 3.8) is 0 Å². The van der Waals surface area contributed by atoms with Crippen molar-refractivity contribution in [2.45, 2.75) is 18.9 Å². The summed E-state index contributed by atoms with van der Waals surface area (Å²) < 4.78 is 4.99. The molecule has 0 aliphatic carbocycles. The average Bonchev–Trinajstić information content (AvgIpc) is 2.26. The molecule has 1 saturated heterocycles. The zero-order valence-electron chi connectivity index (χ0n) is 7.47. The van der Waals surface area contributed by atoms with Crippen molar-refractivity contribution < 1.29 is 4.74 Å². The number of methoxy groups -OCH3 is 1. The Morgan fingerprint density at radius 3 is 2.82 bits per heavy atom. The van der Waals surface area contributed by atoms with Gasteiger partial charge in [-0.3, -0.25) is 4.90 Å². The van der Waals surface area contributed by atoms with Gasteiger partial charge in [0.05, 0.1) is 6.61 Å². The minimum Gasteiger partial charge on any atom is -0.383 e. The van der Waals surface area contributed by atoms with Crippen molar-refractivity contribution in [1.29, 1.82) is 0 Å². The van der Waals surface area contributed by atoms with Crippen molar-refractivity contribution in [3.05, 3.63) is 0 Å². The lowest BCUT2D eigenvalue weighted by molar-refractivity contribution is 0.158. The van der Waals surface area contributed by atoms with Gasteiger partial charge in [0.25, 0.3) is 0 Å². The highest BCUT2D eigenvalue weighted by molar-refractivity contribution is 4.89. The van der Waals surface area contributed by atoms with E-state index in [1.807, 2.05) is 0 Å². The molecule has 0 saturated carbocycles. The van der Waals surface area contributed by atoms with E-state index in [0.717, 1.165) is 32.7 Å². The third kappa shape index (κ3) is 2.77. The summed E-state index contributed by atoms with van der Waals surface area (Å²) in [4.78, 5) is 2.35. The van der Waals surface area contributed by atoms with Gasteiger partial charge in [-0.05, 0) is 13.3 Å². The number of rotatable bonds is 3. The van der Waals surface area contributed by atoms with Crippen LogP contribution in [0.1, 0.15) is 13.3 Å². The Hall–Kier alpha value is -0.120. The third-order valence-corrected chi connectivity index (χ3v) is 2.20. The molecule has 1 unspecified atom stereocenters. The molecule has 66 valence electrons. The quantitative estimate of drug-likeness (QED) is 0.631. The largest absolute Gasteiger partial charge is 0.383 e. The molecule has 1 aliphatic heterocycles. The Balaban J connectivity index is 2.20. The van der Waals surface area contributed by atoms with E-state index in [-0.39, 0.29) is 5.54 Å². The molecule has 2 N–H and O–H groups in total. The third-order valence-electron chi connectivity index (χ3n) is 2.20. The van der Waals surface area contributed by atoms with Crippen LogP contribution in [0.5, 0.6) is 0 Å². The molecule has 1 rings (SSSR count). The Labute approximate surface area is 68.5 Å².